The summed E-state index contributed by atoms with van der Waals surface area (Å²) in [5, 5.41) is 2.58. The SMILES string of the molecule is COC(=O)C(C)(CCCCN)NC(=O)OC(C)(C)C. The van der Waals surface area contributed by atoms with Gasteiger partial charge >= 0.3 is 12.1 Å². The van der Waals surface area contributed by atoms with Crippen molar-refractivity contribution in [2.75, 3.05) is 13.7 Å². The lowest BCUT2D eigenvalue weighted by molar-refractivity contribution is -0.148. The molecule has 6 heteroatoms. The normalized spacial score (nSPS) is 14.4. The number of unbranched alkanes of at least 4 members (excludes halogenated alkanes) is 1. The molecule has 1 amide bonds. The monoisotopic (exact) mass is 274 g/mol. The van der Waals surface area contributed by atoms with Gasteiger partial charge in [-0.3, -0.25) is 0 Å². The first kappa shape index (κ1) is 17.7. The van der Waals surface area contributed by atoms with E-state index in [2.05, 4.69) is 5.32 Å². The zero-order valence-electron chi connectivity index (χ0n) is 12.5. The number of methoxy groups -OCH3 is 1. The fraction of sp³-hybridized carbons (Fsp3) is 0.846. The highest BCUT2D eigenvalue weighted by molar-refractivity contribution is 5.85. The minimum Gasteiger partial charge on any atom is -0.467 e. The Kier molecular flexibility index (Phi) is 6.83. The van der Waals surface area contributed by atoms with Gasteiger partial charge in [-0.05, 0) is 53.5 Å². The molecule has 0 saturated heterocycles. The van der Waals surface area contributed by atoms with Gasteiger partial charge in [0.25, 0.3) is 0 Å². The molecule has 0 aromatic heterocycles. The molecule has 0 radical (unpaired) electrons. The minimum absolute atomic E-state index is 0.454. The third kappa shape index (κ3) is 7.00. The molecule has 0 spiro atoms. The predicted molar refractivity (Wildman–Crippen MR) is 72.7 cm³/mol. The quantitative estimate of drug-likeness (QED) is 0.566. The van der Waals surface area contributed by atoms with E-state index in [4.69, 9.17) is 15.2 Å². The maximum Gasteiger partial charge on any atom is 0.408 e. The number of carbonyl (C=O) groups excluding carboxylic acids is 2. The molecule has 6 nitrogen and oxygen atoms in total. The number of amides is 1. The van der Waals surface area contributed by atoms with Gasteiger partial charge in [0, 0.05) is 0 Å². The second-order valence-electron chi connectivity index (χ2n) is 5.70. The second kappa shape index (κ2) is 7.33. The van der Waals surface area contributed by atoms with Crippen molar-refractivity contribution < 1.29 is 19.1 Å². The third-order valence-electron chi connectivity index (χ3n) is 2.54. The van der Waals surface area contributed by atoms with Crippen molar-refractivity contribution >= 4 is 12.1 Å². The first-order valence-corrected chi connectivity index (χ1v) is 6.44. The van der Waals surface area contributed by atoms with Crippen LogP contribution in [-0.4, -0.2) is 36.9 Å². The number of carbonyl (C=O) groups is 2. The van der Waals surface area contributed by atoms with Gasteiger partial charge in [0.05, 0.1) is 7.11 Å². The van der Waals surface area contributed by atoms with Crippen LogP contribution in [0.15, 0.2) is 0 Å². The smallest absolute Gasteiger partial charge is 0.408 e. The summed E-state index contributed by atoms with van der Waals surface area (Å²) >= 11 is 0. The lowest BCUT2D eigenvalue weighted by Gasteiger charge is -2.29. The highest BCUT2D eigenvalue weighted by Gasteiger charge is 2.36. The van der Waals surface area contributed by atoms with E-state index in [1.165, 1.54) is 7.11 Å². The van der Waals surface area contributed by atoms with E-state index < -0.39 is 23.2 Å². The number of rotatable bonds is 6. The molecule has 0 aliphatic heterocycles. The Morgan fingerprint density at radius 3 is 2.16 bits per heavy atom. The van der Waals surface area contributed by atoms with Crippen molar-refractivity contribution in [3.05, 3.63) is 0 Å². The summed E-state index contributed by atoms with van der Waals surface area (Å²) in [6.07, 6.45) is 1.32. The topological polar surface area (TPSA) is 90.6 Å². The molecule has 1 atom stereocenters. The summed E-state index contributed by atoms with van der Waals surface area (Å²) in [6.45, 7) is 7.45. The van der Waals surface area contributed by atoms with E-state index in [0.29, 0.717) is 13.0 Å². The minimum atomic E-state index is -1.09. The lowest BCUT2D eigenvalue weighted by Crippen LogP contribution is -2.53. The zero-order chi connectivity index (χ0) is 15.1. The Balaban J connectivity index is 4.67. The Morgan fingerprint density at radius 1 is 1.16 bits per heavy atom. The first-order valence-electron chi connectivity index (χ1n) is 6.44. The summed E-state index contributed by atoms with van der Waals surface area (Å²) in [5.41, 5.74) is 3.72. The number of alkyl carbamates (subject to hydrolysis) is 1. The van der Waals surface area contributed by atoms with Crippen LogP contribution in [0.5, 0.6) is 0 Å². The molecular weight excluding hydrogens is 248 g/mol. The molecular formula is C13H26N2O4. The maximum absolute atomic E-state index is 11.8. The van der Waals surface area contributed by atoms with Crippen LogP contribution in [0.3, 0.4) is 0 Å². The summed E-state index contributed by atoms with van der Waals surface area (Å²) in [4.78, 5) is 23.6. The molecule has 3 N–H and O–H groups in total. The lowest BCUT2D eigenvalue weighted by atomic mass is 9.95. The number of hydrogen-bond donors (Lipinski definition) is 2. The molecule has 0 aromatic carbocycles. The molecule has 19 heavy (non-hydrogen) atoms. The molecule has 0 aliphatic rings. The largest absolute Gasteiger partial charge is 0.467 e. The molecule has 1 unspecified atom stereocenters. The van der Waals surface area contributed by atoms with Gasteiger partial charge in [-0.2, -0.15) is 0 Å². The van der Waals surface area contributed by atoms with Crippen LogP contribution >= 0.6 is 0 Å². The van der Waals surface area contributed by atoms with Crippen molar-refractivity contribution in [2.24, 2.45) is 5.73 Å². The third-order valence-corrected chi connectivity index (χ3v) is 2.54. The molecule has 0 aromatic rings. The average molecular weight is 274 g/mol. The number of ether oxygens (including phenoxy) is 2. The van der Waals surface area contributed by atoms with Gasteiger partial charge in [0.15, 0.2) is 0 Å². The van der Waals surface area contributed by atoms with Crippen molar-refractivity contribution in [1.29, 1.82) is 0 Å². The fourth-order valence-electron chi connectivity index (χ4n) is 1.59. The number of hydrogen-bond acceptors (Lipinski definition) is 5. The van der Waals surface area contributed by atoms with Crippen LogP contribution in [-0.2, 0) is 14.3 Å². The van der Waals surface area contributed by atoms with Crippen LogP contribution in [0.4, 0.5) is 4.79 Å². The Bertz CT molecular complexity index is 312. The highest BCUT2D eigenvalue weighted by Crippen LogP contribution is 2.17. The molecule has 112 valence electrons. The predicted octanol–water partition coefficient (Wildman–Crippen LogP) is 1.57. The van der Waals surface area contributed by atoms with Crippen molar-refractivity contribution in [1.82, 2.24) is 5.32 Å². The van der Waals surface area contributed by atoms with E-state index >= 15 is 0 Å². The van der Waals surface area contributed by atoms with E-state index in [1.54, 1.807) is 27.7 Å². The fourth-order valence-corrected chi connectivity index (χ4v) is 1.59. The second-order valence-corrected chi connectivity index (χ2v) is 5.70. The van der Waals surface area contributed by atoms with Crippen LogP contribution < -0.4 is 11.1 Å². The van der Waals surface area contributed by atoms with Gasteiger partial charge in [-0.1, -0.05) is 0 Å². The molecule has 0 fully saturated rings. The number of esters is 1. The number of nitrogens with two attached hydrogens (primary N) is 1. The van der Waals surface area contributed by atoms with Gasteiger partial charge in [-0.15, -0.1) is 0 Å². The van der Waals surface area contributed by atoms with Crippen molar-refractivity contribution in [3.63, 3.8) is 0 Å². The maximum atomic E-state index is 11.8. The summed E-state index contributed by atoms with van der Waals surface area (Å²) in [6, 6.07) is 0. The Hall–Kier alpha value is -1.30. The van der Waals surface area contributed by atoms with Crippen molar-refractivity contribution in [2.45, 2.75) is 58.1 Å². The molecule has 0 saturated carbocycles. The first-order chi connectivity index (χ1) is 8.64. The molecule has 0 bridgehead atoms. The molecule has 0 aliphatic carbocycles. The van der Waals surface area contributed by atoms with E-state index in [0.717, 1.165) is 12.8 Å². The molecule has 0 rings (SSSR count). The van der Waals surface area contributed by atoms with E-state index in [1.807, 2.05) is 0 Å². The van der Waals surface area contributed by atoms with Crippen molar-refractivity contribution in [3.8, 4) is 0 Å². The standard InChI is InChI=1S/C13H26N2O4/c1-12(2,3)19-11(17)15-13(4,10(16)18-5)8-6-7-9-14/h6-9,14H2,1-5H3,(H,15,17). The van der Waals surface area contributed by atoms with E-state index in [-0.39, 0.29) is 0 Å². The molecule has 0 heterocycles. The summed E-state index contributed by atoms with van der Waals surface area (Å²) < 4.78 is 9.89. The van der Waals surface area contributed by atoms with Gasteiger partial charge in [-0.25, -0.2) is 9.59 Å². The highest BCUT2D eigenvalue weighted by atomic mass is 16.6. The summed E-state index contributed by atoms with van der Waals surface area (Å²) in [7, 11) is 1.29. The Morgan fingerprint density at radius 2 is 1.74 bits per heavy atom. The van der Waals surface area contributed by atoms with Crippen LogP contribution in [0.1, 0.15) is 47.0 Å². The van der Waals surface area contributed by atoms with Gasteiger partial charge in [0.2, 0.25) is 0 Å². The van der Waals surface area contributed by atoms with Crippen LogP contribution in [0, 0.1) is 0 Å². The average Bonchev–Trinajstić information content (AvgIpc) is 2.25. The zero-order valence-corrected chi connectivity index (χ0v) is 12.5. The van der Waals surface area contributed by atoms with Gasteiger partial charge in [0.1, 0.15) is 11.1 Å². The van der Waals surface area contributed by atoms with Crippen LogP contribution in [0.2, 0.25) is 0 Å². The van der Waals surface area contributed by atoms with Gasteiger partial charge < -0.3 is 20.5 Å². The Labute approximate surface area is 115 Å². The van der Waals surface area contributed by atoms with E-state index in [9.17, 15) is 9.59 Å². The van der Waals surface area contributed by atoms with Crippen LogP contribution in [0.25, 0.3) is 0 Å². The summed E-state index contributed by atoms with van der Waals surface area (Å²) in [5.74, 6) is -0.490. The number of nitrogens with one attached hydrogen (secondary N) is 1.